The van der Waals surface area contributed by atoms with E-state index in [1.165, 1.54) is 35.8 Å². The zero-order valence-corrected chi connectivity index (χ0v) is 18.1. The quantitative estimate of drug-likeness (QED) is 0.273. The number of carbonyl (C=O) groups excluding carboxylic acids is 1. The molecule has 0 atom stereocenters. The number of hydrogen-bond acceptors (Lipinski definition) is 6. The molecule has 0 saturated carbocycles. The van der Waals surface area contributed by atoms with E-state index in [9.17, 15) is 13.2 Å². The van der Waals surface area contributed by atoms with Gasteiger partial charge in [0.05, 0.1) is 22.7 Å². The first-order valence-electron chi connectivity index (χ1n) is 8.39. The highest BCUT2D eigenvalue weighted by Crippen LogP contribution is 2.28. The zero-order chi connectivity index (χ0) is 21.4. The third-order valence-corrected chi connectivity index (χ3v) is 5.54. The molecule has 2 rings (SSSR count). The molecule has 0 saturated heterocycles. The highest BCUT2D eigenvalue weighted by Gasteiger charge is 2.21. The molecule has 0 heterocycles. The average molecular weight is 482 g/mol. The van der Waals surface area contributed by atoms with Crippen molar-refractivity contribution in [3.05, 3.63) is 52.0 Å². The summed E-state index contributed by atoms with van der Waals surface area (Å²) in [4.78, 5) is 11.9. The molecule has 4 N–H and O–H groups in total. The number of carbonyl (C=O) groups is 1. The lowest BCUT2D eigenvalue weighted by Gasteiger charge is -2.15. The SMILES string of the molecule is CNCC#CCOc1ccc(S(=O)(=O)Nc2c(C)cc(Br)cc2C(=O)NO)cc1. The average Bonchev–Trinajstić information content (AvgIpc) is 2.69. The molecule has 0 radical (unpaired) electrons. The molecule has 0 aliphatic carbocycles. The number of aryl methyl sites for hydroxylation is 1. The molecule has 10 heteroatoms. The van der Waals surface area contributed by atoms with Crippen LogP contribution in [0.5, 0.6) is 5.75 Å². The molecule has 0 aliphatic heterocycles. The van der Waals surface area contributed by atoms with Gasteiger partial charge in [-0.3, -0.25) is 14.7 Å². The Kier molecular flexibility index (Phi) is 8.04. The molecule has 0 bridgehead atoms. The number of ether oxygens (including phenoxy) is 1. The van der Waals surface area contributed by atoms with Gasteiger partial charge in [0.1, 0.15) is 12.4 Å². The normalized spacial score (nSPS) is 10.6. The fraction of sp³-hybridized carbons (Fsp3) is 0.211. The Morgan fingerprint density at radius 2 is 1.90 bits per heavy atom. The highest BCUT2D eigenvalue weighted by atomic mass is 79.9. The second-order valence-electron chi connectivity index (χ2n) is 5.84. The second-order valence-corrected chi connectivity index (χ2v) is 8.43. The first-order valence-corrected chi connectivity index (χ1v) is 10.7. The number of nitrogens with one attached hydrogen (secondary N) is 3. The maximum Gasteiger partial charge on any atom is 0.276 e. The van der Waals surface area contributed by atoms with Crippen LogP contribution in [0.1, 0.15) is 15.9 Å². The lowest BCUT2D eigenvalue weighted by Crippen LogP contribution is -2.23. The van der Waals surface area contributed by atoms with Crippen LogP contribution in [0.15, 0.2) is 45.8 Å². The Balaban J connectivity index is 2.22. The van der Waals surface area contributed by atoms with Gasteiger partial charge in [-0.1, -0.05) is 27.8 Å². The summed E-state index contributed by atoms with van der Waals surface area (Å²) in [5.74, 6) is 5.31. The van der Waals surface area contributed by atoms with Crippen LogP contribution in [0.4, 0.5) is 5.69 Å². The minimum atomic E-state index is -3.98. The molecule has 1 amide bonds. The number of rotatable bonds is 7. The van der Waals surface area contributed by atoms with Gasteiger partial charge in [0.2, 0.25) is 0 Å². The van der Waals surface area contributed by atoms with Crippen molar-refractivity contribution in [3.63, 3.8) is 0 Å². The molecule has 8 nitrogen and oxygen atoms in total. The van der Waals surface area contributed by atoms with E-state index in [2.05, 4.69) is 37.8 Å². The third kappa shape index (κ3) is 6.20. The van der Waals surface area contributed by atoms with Gasteiger partial charge in [0.25, 0.3) is 15.9 Å². The van der Waals surface area contributed by atoms with Gasteiger partial charge in [-0.05, 0) is 55.9 Å². The first kappa shape index (κ1) is 22.7. The standard InChI is InChI=1S/C19H20BrN3O5S/c1-13-11-14(20)12-17(19(24)22-25)18(13)23-29(26,27)16-7-5-15(6-8-16)28-10-4-3-9-21-2/h5-8,11-12,21,23,25H,9-10H2,1-2H3,(H,22,24). The largest absolute Gasteiger partial charge is 0.481 e. The predicted octanol–water partition coefficient (Wildman–Crippen LogP) is 2.28. The van der Waals surface area contributed by atoms with Crippen molar-refractivity contribution in [1.29, 1.82) is 0 Å². The summed E-state index contributed by atoms with van der Waals surface area (Å²) >= 11 is 3.25. The summed E-state index contributed by atoms with van der Waals surface area (Å²) in [6.07, 6.45) is 0. The third-order valence-electron chi connectivity index (χ3n) is 3.72. The minimum absolute atomic E-state index is 0.0104. The van der Waals surface area contributed by atoms with E-state index in [0.717, 1.165) is 0 Å². The van der Waals surface area contributed by atoms with Crippen molar-refractivity contribution in [2.24, 2.45) is 0 Å². The second kappa shape index (κ2) is 10.3. The van der Waals surface area contributed by atoms with Crippen molar-refractivity contribution < 1.29 is 23.2 Å². The molecule has 29 heavy (non-hydrogen) atoms. The van der Waals surface area contributed by atoms with Crippen LogP contribution in [0.25, 0.3) is 0 Å². The van der Waals surface area contributed by atoms with Crippen molar-refractivity contribution in [3.8, 4) is 17.6 Å². The van der Waals surface area contributed by atoms with E-state index in [1.807, 2.05) is 0 Å². The van der Waals surface area contributed by atoms with Crippen LogP contribution in [0.2, 0.25) is 0 Å². The van der Waals surface area contributed by atoms with Crippen LogP contribution < -0.4 is 20.3 Å². The molecule has 2 aromatic rings. The Morgan fingerprint density at radius 3 is 2.52 bits per heavy atom. The molecule has 154 valence electrons. The Bertz CT molecular complexity index is 1040. The number of amides is 1. The van der Waals surface area contributed by atoms with Crippen LogP contribution >= 0.6 is 15.9 Å². The summed E-state index contributed by atoms with van der Waals surface area (Å²) in [7, 11) is -2.19. The number of hydrogen-bond donors (Lipinski definition) is 4. The van der Waals surface area contributed by atoms with Gasteiger partial charge in [0, 0.05) is 4.47 Å². The Hall–Kier alpha value is -2.58. The number of halogens is 1. The summed E-state index contributed by atoms with van der Waals surface area (Å²) < 4.78 is 33.9. The lowest BCUT2D eigenvalue weighted by atomic mass is 10.1. The van der Waals surface area contributed by atoms with Gasteiger partial charge >= 0.3 is 0 Å². The molecule has 0 fully saturated rings. The van der Waals surface area contributed by atoms with E-state index in [0.29, 0.717) is 22.3 Å². The summed E-state index contributed by atoms with van der Waals surface area (Å²) in [5, 5.41) is 11.8. The van der Waals surface area contributed by atoms with E-state index in [4.69, 9.17) is 9.94 Å². The Morgan fingerprint density at radius 1 is 1.21 bits per heavy atom. The van der Waals surface area contributed by atoms with Gasteiger partial charge in [-0.2, -0.15) is 0 Å². The summed E-state index contributed by atoms with van der Waals surface area (Å²) in [5.41, 5.74) is 2.06. The zero-order valence-electron chi connectivity index (χ0n) is 15.7. The van der Waals surface area contributed by atoms with Gasteiger partial charge in [-0.15, -0.1) is 0 Å². The van der Waals surface area contributed by atoms with Crippen molar-refractivity contribution >= 4 is 37.5 Å². The van der Waals surface area contributed by atoms with E-state index in [-0.39, 0.29) is 22.8 Å². The predicted molar refractivity (Wildman–Crippen MR) is 113 cm³/mol. The van der Waals surface area contributed by atoms with Crippen LogP contribution in [-0.2, 0) is 10.0 Å². The summed E-state index contributed by atoms with van der Waals surface area (Å²) in [6, 6.07) is 8.87. The fourth-order valence-electron chi connectivity index (χ4n) is 2.35. The number of anilines is 1. The Labute approximate surface area is 177 Å². The van der Waals surface area contributed by atoms with Crippen molar-refractivity contribution in [2.75, 3.05) is 24.9 Å². The lowest BCUT2D eigenvalue weighted by molar-refractivity contribution is 0.0707. The van der Waals surface area contributed by atoms with Crippen LogP contribution in [0.3, 0.4) is 0 Å². The molecule has 0 aromatic heterocycles. The number of hydroxylamine groups is 1. The highest BCUT2D eigenvalue weighted by molar-refractivity contribution is 9.10. The van der Waals surface area contributed by atoms with E-state index in [1.54, 1.807) is 20.0 Å². The summed E-state index contributed by atoms with van der Waals surface area (Å²) in [6.45, 7) is 2.38. The molecule has 0 unspecified atom stereocenters. The van der Waals surface area contributed by atoms with Crippen LogP contribution in [0, 0.1) is 18.8 Å². The molecule has 2 aromatic carbocycles. The van der Waals surface area contributed by atoms with Crippen LogP contribution in [-0.4, -0.2) is 39.7 Å². The molecule has 0 spiro atoms. The maximum atomic E-state index is 12.8. The van der Waals surface area contributed by atoms with Gasteiger partial charge in [-0.25, -0.2) is 13.9 Å². The van der Waals surface area contributed by atoms with Gasteiger partial charge in [0.15, 0.2) is 0 Å². The fourth-order valence-corrected chi connectivity index (χ4v) is 4.07. The topological polar surface area (TPSA) is 117 Å². The monoisotopic (exact) mass is 481 g/mol. The number of benzene rings is 2. The maximum absolute atomic E-state index is 12.8. The molecular weight excluding hydrogens is 462 g/mol. The van der Waals surface area contributed by atoms with Gasteiger partial charge < -0.3 is 10.1 Å². The van der Waals surface area contributed by atoms with E-state index >= 15 is 0 Å². The first-order chi connectivity index (χ1) is 13.8. The van der Waals surface area contributed by atoms with Crippen molar-refractivity contribution in [1.82, 2.24) is 10.8 Å². The van der Waals surface area contributed by atoms with E-state index < -0.39 is 15.9 Å². The minimum Gasteiger partial charge on any atom is -0.481 e. The molecular formula is C19H20BrN3O5S. The molecule has 0 aliphatic rings. The van der Waals surface area contributed by atoms with Crippen molar-refractivity contribution in [2.45, 2.75) is 11.8 Å². The number of sulfonamides is 1. The smallest absolute Gasteiger partial charge is 0.276 e.